The molecule has 0 saturated carbocycles. The molecule has 0 radical (unpaired) electrons. The highest BCUT2D eigenvalue weighted by molar-refractivity contribution is 9.13. The van der Waals surface area contributed by atoms with Crippen LogP contribution in [0.3, 0.4) is 0 Å². The lowest BCUT2D eigenvalue weighted by Crippen LogP contribution is -2.05. The lowest BCUT2D eigenvalue weighted by molar-refractivity contribution is 0.0593. The van der Waals surface area contributed by atoms with Crippen molar-refractivity contribution in [1.29, 1.82) is 0 Å². The largest absolute Gasteiger partial charge is 0.464 e. The first kappa shape index (κ1) is 9.60. The number of esters is 1. The molecule has 0 unspecified atom stereocenters. The molecule has 1 aromatic heterocycles. The molecule has 12 heavy (non-hydrogen) atoms. The van der Waals surface area contributed by atoms with E-state index in [9.17, 15) is 4.79 Å². The summed E-state index contributed by atoms with van der Waals surface area (Å²) >= 11 is 6.24. The van der Waals surface area contributed by atoms with E-state index in [1.165, 1.54) is 13.3 Å². The van der Waals surface area contributed by atoms with E-state index in [4.69, 9.17) is 0 Å². The van der Waals surface area contributed by atoms with Crippen LogP contribution in [0.4, 0.5) is 0 Å². The molecule has 0 aliphatic rings. The van der Waals surface area contributed by atoms with Crippen molar-refractivity contribution in [3.8, 4) is 0 Å². The molecule has 0 aliphatic carbocycles. The van der Waals surface area contributed by atoms with Crippen molar-refractivity contribution in [1.82, 2.24) is 9.97 Å². The quantitative estimate of drug-likeness (QED) is 0.741. The summed E-state index contributed by atoms with van der Waals surface area (Å²) in [5.41, 5.74) is 0.174. The monoisotopic (exact) mass is 294 g/mol. The number of carbonyl (C=O) groups is 1. The van der Waals surface area contributed by atoms with Gasteiger partial charge in [-0.05, 0) is 31.9 Å². The van der Waals surface area contributed by atoms with E-state index in [2.05, 4.69) is 46.6 Å². The highest BCUT2D eigenvalue weighted by Crippen LogP contribution is 2.17. The number of carbonyl (C=O) groups excluding carboxylic acids is 1. The van der Waals surface area contributed by atoms with Gasteiger partial charge >= 0.3 is 5.97 Å². The summed E-state index contributed by atoms with van der Waals surface area (Å²) in [6.45, 7) is 0. The van der Waals surface area contributed by atoms with Crippen LogP contribution < -0.4 is 0 Å². The Bertz CT molecular complexity index is 316. The molecule has 0 aromatic carbocycles. The molecule has 0 fully saturated rings. The van der Waals surface area contributed by atoms with Crippen LogP contribution in [0.15, 0.2) is 15.4 Å². The van der Waals surface area contributed by atoms with Gasteiger partial charge in [-0.2, -0.15) is 0 Å². The molecule has 0 saturated heterocycles. The number of rotatable bonds is 1. The van der Waals surface area contributed by atoms with Crippen molar-refractivity contribution in [3.63, 3.8) is 0 Å². The maximum Gasteiger partial charge on any atom is 0.358 e. The average Bonchev–Trinajstić information content (AvgIpc) is 2.08. The molecule has 4 nitrogen and oxygen atoms in total. The SMILES string of the molecule is COC(=O)c1cnc(Br)c(Br)n1. The van der Waals surface area contributed by atoms with Crippen molar-refractivity contribution < 1.29 is 9.53 Å². The fraction of sp³-hybridized carbons (Fsp3) is 0.167. The van der Waals surface area contributed by atoms with Gasteiger partial charge in [-0.3, -0.25) is 0 Å². The van der Waals surface area contributed by atoms with Crippen LogP contribution in [0.25, 0.3) is 0 Å². The Kier molecular flexibility index (Phi) is 3.16. The summed E-state index contributed by atoms with van der Waals surface area (Å²) < 4.78 is 5.48. The first-order valence-electron chi connectivity index (χ1n) is 2.91. The second-order valence-electron chi connectivity index (χ2n) is 1.83. The topological polar surface area (TPSA) is 52.1 Å². The van der Waals surface area contributed by atoms with E-state index in [-0.39, 0.29) is 5.69 Å². The number of hydrogen-bond donors (Lipinski definition) is 0. The van der Waals surface area contributed by atoms with E-state index >= 15 is 0 Å². The molecule has 0 N–H and O–H groups in total. The van der Waals surface area contributed by atoms with Gasteiger partial charge in [0, 0.05) is 0 Å². The van der Waals surface area contributed by atoms with Gasteiger partial charge in [0.05, 0.1) is 13.3 Å². The zero-order chi connectivity index (χ0) is 9.14. The summed E-state index contributed by atoms with van der Waals surface area (Å²) in [4.78, 5) is 18.6. The summed E-state index contributed by atoms with van der Waals surface area (Å²) in [6.07, 6.45) is 1.33. The lowest BCUT2D eigenvalue weighted by atomic mass is 10.5. The number of ether oxygens (including phenoxy) is 1. The second-order valence-corrected chi connectivity index (χ2v) is 3.33. The standard InChI is InChI=1S/C6H4Br2N2O2/c1-12-6(11)3-2-9-4(7)5(8)10-3/h2H,1H3. The molecule has 64 valence electrons. The smallest absolute Gasteiger partial charge is 0.358 e. The van der Waals surface area contributed by atoms with Gasteiger partial charge in [0.2, 0.25) is 0 Å². The van der Waals surface area contributed by atoms with Crippen molar-refractivity contribution in [3.05, 3.63) is 21.1 Å². The fourth-order valence-corrected chi connectivity index (χ4v) is 1.04. The normalized spacial score (nSPS) is 9.58. The third-order valence-electron chi connectivity index (χ3n) is 1.08. The fourth-order valence-electron chi connectivity index (χ4n) is 0.555. The summed E-state index contributed by atoms with van der Waals surface area (Å²) in [5.74, 6) is -0.504. The Balaban J connectivity index is 3.05. The highest BCUT2D eigenvalue weighted by atomic mass is 79.9. The Morgan fingerprint density at radius 3 is 2.67 bits per heavy atom. The van der Waals surface area contributed by atoms with Gasteiger partial charge < -0.3 is 4.74 Å². The molecule has 1 heterocycles. The minimum absolute atomic E-state index is 0.174. The Hall–Kier alpha value is -0.490. The van der Waals surface area contributed by atoms with Crippen molar-refractivity contribution in [2.75, 3.05) is 7.11 Å². The van der Waals surface area contributed by atoms with Gasteiger partial charge in [0.25, 0.3) is 0 Å². The predicted octanol–water partition coefficient (Wildman–Crippen LogP) is 1.79. The molecule has 0 bridgehead atoms. The first-order valence-corrected chi connectivity index (χ1v) is 4.50. The van der Waals surface area contributed by atoms with Crippen LogP contribution in [-0.4, -0.2) is 23.0 Å². The lowest BCUT2D eigenvalue weighted by Gasteiger charge is -1.98. The molecular formula is C6H4Br2N2O2. The second kappa shape index (κ2) is 3.95. The van der Waals surface area contributed by atoms with Crippen LogP contribution in [0.1, 0.15) is 10.5 Å². The molecule has 1 aromatic rings. The van der Waals surface area contributed by atoms with Crippen LogP contribution in [0.5, 0.6) is 0 Å². The minimum Gasteiger partial charge on any atom is -0.464 e. The minimum atomic E-state index is -0.504. The highest BCUT2D eigenvalue weighted by Gasteiger charge is 2.09. The molecule has 0 atom stereocenters. The number of methoxy groups -OCH3 is 1. The molecule has 1 rings (SSSR count). The number of nitrogens with zero attached hydrogens (tertiary/aromatic N) is 2. The average molecular weight is 296 g/mol. The Morgan fingerprint density at radius 2 is 2.17 bits per heavy atom. The van der Waals surface area contributed by atoms with E-state index in [0.29, 0.717) is 9.21 Å². The van der Waals surface area contributed by atoms with Gasteiger partial charge in [-0.15, -0.1) is 0 Å². The first-order chi connectivity index (χ1) is 5.65. The van der Waals surface area contributed by atoms with Gasteiger partial charge in [-0.1, -0.05) is 0 Å². The van der Waals surface area contributed by atoms with Crippen LogP contribution >= 0.6 is 31.9 Å². The molecule has 6 heteroatoms. The van der Waals surface area contributed by atoms with Gasteiger partial charge in [0.1, 0.15) is 9.21 Å². The van der Waals surface area contributed by atoms with Crippen molar-refractivity contribution in [2.45, 2.75) is 0 Å². The molecular weight excluding hydrogens is 292 g/mol. The number of halogens is 2. The predicted molar refractivity (Wildman–Crippen MR) is 48.8 cm³/mol. The van der Waals surface area contributed by atoms with Crippen LogP contribution in [-0.2, 0) is 4.74 Å². The van der Waals surface area contributed by atoms with E-state index in [1.54, 1.807) is 0 Å². The van der Waals surface area contributed by atoms with E-state index in [1.807, 2.05) is 0 Å². The Labute approximate surface area is 85.6 Å². The third-order valence-corrected chi connectivity index (χ3v) is 2.75. The molecule has 0 spiro atoms. The third kappa shape index (κ3) is 2.01. The van der Waals surface area contributed by atoms with Crippen LogP contribution in [0, 0.1) is 0 Å². The van der Waals surface area contributed by atoms with E-state index in [0.717, 1.165) is 0 Å². The summed E-state index contributed by atoms with van der Waals surface area (Å²) in [6, 6.07) is 0. The van der Waals surface area contributed by atoms with Crippen molar-refractivity contribution >= 4 is 37.8 Å². The zero-order valence-corrected chi connectivity index (χ0v) is 9.22. The van der Waals surface area contributed by atoms with Crippen LogP contribution in [0.2, 0.25) is 0 Å². The van der Waals surface area contributed by atoms with Crippen molar-refractivity contribution in [2.24, 2.45) is 0 Å². The molecule has 0 aliphatic heterocycles. The van der Waals surface area contributed by atoms with Gasteiger partial charge in [-0.25, -0.2) is 14.8 Å². The summed E-state index contributed by atoms with van der Waals surface area (Å²) in [7, 11) is 1.29. The Morgan fingerprint density at radius 1 is 1.50 bits per heavy atom. The number of hydrogen-bond acceptors (Lipinski definition) is 4. The van der Waals surface area contributed by atoms with E-state index < -0.39 is 5.97 Å². The maximum atomic E-state index is 10.9. The van der Waals surface area contributed by atoms with Gasteiger partial charge in [0.15, 0.2) is 5.69 Å². The molecule has 0 amide bonds. The summed E-state index contributed by atoms with van der Waals surface area (Å²) in [5, 5.41) is 0. The number of aromatic nitrogens is 2. The zero-order valence-electron chi connectivity index (χ0n) is 6.04. The maximum absolute atomic E-state index is 10.9.